The molecule has 0 amide bonds. The highest BCUT2D eigenvalue weighted by Crippen LogP contribution is 1.98. The number of rotatable bonds is 3. The largest absolute Gasteiger partial charge is 0.466 e. The molecule has 0 unspecified atom stereocenters. The summed E-state index contributed by atoms with van der Waals surface area (Å²) in [5.41, 5.74) is 0.0735. The summed E-state index contributed by atoms with van der Waals surface area (Å²) >= 11 is 0. The van der Waals surface area contributed by atoms with E-state index in [2.05, 4.69) is 16.1 Å². The van der Waals surface area contributed by atoms with Crippen LogP contribution in [0.25, 0.3) is 0 Å². The van der Waals surface area contributed by atoms with Crippen molar-refractivity contribution in [1.82, 2.24) is 0 Å². The molecule has 0 N–H and O–H groups in total. The van der Waals surface area contributed by atoms with E-state index in [0.29, 0.717) is 0 Å². The molecule has 4 nitrogen and oxygen atoms in total. The Balaban J connectivity index is 4.54. The van der Waals surface area contributed by atoms with E-state index in [0.717, 1.165) is 6.08 Å². The van der Waals surface area contributed by atoms with Crippen LogP contribution in [0.1, 0.15) is 0 Å². The zero-order valence-corrected chi connectivity index (χ0v) is 6.99. The van der Waals surface area contributed by atoms with Gasteiger partial charge < -0.3 is 9.47 Å². The monoisotopic (exact) mass is 170 g/mol. The van der Waals surface area contributed by atoms with Crippen LogP contribution in [-0.2, 0) is 19.1 Å². The van der Waals surface area contributed by atoms with Crippen LogP contribution >= 0.6 is 0 Å². The van der Waals surface area contributed by atoms with Crippen LogP contribution in [-0.4, -0.2) is 26.2 Å². The molecule has 0 aliphatic rings. The third-order valence-electron chi connectivity index (χ3n) is 1.12. The molecule has 0 aliphatic carbocycles. The van der Waals surface area contributed by atoms with Gasteiger partial charge in [0.1, 0.15) is 0 Å². The van der Waals surface area contributed by atoms with Gasteiger partial charge in [0.25, 0.3) is 0 Å². The number of esters is 2. The standard InChI is InChI=1S/C8H10O4/c1-4-6(8(10)12-3)5-7(9)11-2/h4-5H,1H2,2-3H3. The van der Waals surface area contributed by atoms with Crippen molar-refractivity contribution in [1.29, 1.82) is 0 Å². The van der Waals surface area contributed by atoms with Crippen molar-refractivity contribution in [3.63, 3.8) is 0 Å². The molecular weight excluding hydrogens is 160 g/mol. The Morgan fingerprint density at radius 1 is 1.25 bits per heavy atom. The lowest BCUT2D eigenvalue weighted by atomic mass is 10.2. The van der Waals surface area contributed by atoms with Crippen molar-refractivity contribution < 1.29 is 19.1 Å². The number of carbonyl (C=O) groups excluding carboxylic acids is 2. The van der Waals surface area contributed by atoms with Crippen molar-refractivity contribution in [2.45, 2.75) is 0 Å². The lowest BCUT2D eigenvalue weighted by Gasteiger charge is -1.97. The van der Waals surface area contributed by atoms with Crippen LogP contribution in [0, 0.1) is 0 Å². The molecule has 0 aromatic heterocycles. The second-order valence-corrected chi connectivity index (χ2v) is 1.82. The smallest absolute Gasteiger partial charge is 0.338 e. The molecule has 0 rings (SSSR count). The fraction of sp³-hybridized carbons (Fsp3) is 0.250. The number of hydrogen-bond acceptors (Lipinski definition) is 4. The highest BCUT2D eigenvalue weighted by atomic mass is 16.5. The summed E-state index contributed by atoms with van der Waals surface area (Å²) in [6.07, 6.45) is 2.24. The summed E-state index contributed by atoms with van der Waals surface area (Å²) < 4.78 is 8.67. The van der Waals surface area contributed by atoms with E-state index in [1.807, 2.05) is 0 Å². The van der Waals surface area contributed by atoms with Gasteiger partial charge in [-0.2, -0.15) is 0 Å². The second-order valence-electron chi connectivity index (χ2n) is 1.82. The first-order chi connectivity index (χ1) is 5.65. The first kappa shape index (κ1) is 10.4. The molecule has 0 aromatic carbocycles. The number of methoxy groups -OCH3 is 2. The van der Waals surface area contributed by atoms with Gasteiger partial charge >= 0.3 is 11.9 Å². The van der Waals surface area contributed by atoms with E-state index in [-0.39, 0.29) is 5.57 Å². The topological polar surface area (TPSA) is 52.6 Å². The summed E-state index contributed by atoms with van der Waals surface area (Å²) in [6, 6.07) is 0. The molecule has 12 heavy (non-hydrogen) atoms. The van der Waals surface area contributed by atoms with Crippen molar-refractivity contribution >= 4 is 11.9 Å². The third-order valence-corrected chi connectivity index (χ3v) is 1.12. The van der Waals surface area contributed by atoms with Crippen LogP contribution in [0.5, 0.6) is 0 Å². The lowest BCUT2D eigenvalue weighted by molar-refractivity contribution is -0.138. The van der Waals surface area contributed by atoms with Crippen LogP contribution < -0.4 is 0 Å². The van der Waals surface area contributed by atoms with Crippen LogP contribution in [0.2, 0.25) is 0 Å². The maximum absolute atomic E-state index is 10.8. The minimum Gasteiger partial charge on any atom is -0.466 e. The SMILES string of the molecule is C=CC(=CC(=O)OC)C(=O)OC. The molecule has 0 saturated carbocycles. The Kier molecular flexibility index (Phi) is 4.45. The van der Waals surface area contributed by atoms with Gasteiger partial charge in [0.05, 0.1) is 19.8 Å². The maximum Gasteiger partial charge on any atom is 0.338 e. The molecule has 0 aromatic rings. The molecule has 0 bridgehead atoms. The third kappa shape index (κ3) is 3.01. The fourth-order valence-electron chi connectivity index (χ4n) is 0.505. The average Bonchev–Trinajstić information content (AvgIpc) is 2.12. The number of ether oxygens (including phenoxy) is 2. The minimum atomic E-state index is -0.615. The van der Waals surface area contributed by atoms with Crippen molar-refractivity contribution in [3.8, 4) is 0 Å². The van der Waals surface area contributed by atoms with Gasteiger partial charge in [-0.3, -0.25) is 0 Å². The summed E-state index contributed by atoms with van der Waals surface area (Å²) in [6.45, 7) is 3.34. The lowest BCUT2D eigenvalue weighted by Crippen LogP contribution is -2.06. The van der Waals surface area contributed by atoms with Gasteiger partial charge in [0, 0.05) is 6.08 Å². The summed E-state index contributed by atoms with van der Waals surface area (Å²) in [4.78, 5) is 21.5. The Morgan fingerprint density at radius 2 is 1.83 bits per heavy atom. The quantitative estimate of drug-likeness (QED) is 0.350. The molecule has 0 heterocycles. The van der Waals surface area contributed by atoms with Gasteiger partial charge in [-0.1, -0.05) is 12.7 Å². The number of carbonyl (C=O) groups is 2. The minimum absolute atomic E-state index is 0.0735. The van der Waals surface area contributed by atoms with Crippen molar-refractivity contribution in [3.05, 3.63) is 24.3 Å². The molecule has 0 atom stereocenters. The van der Waals surface area contributed by atoms with Gasteiger partial charge in [-0.15, -0.1) is 0 Å². The first-order valence-corrected chi connectivity index (χ1v) is 3.16. The molecule has 4 heteroatoms. The van der Waals surface area contributed by atoms with Crippen molar-refractivity contribution in [2.75, 3.05) is 14.2 Å². The number of hydrogen-bond donors (Lipinski definition) is 0. The van der Waals surface area contributed by atoms with E-state index in [1.54, 1.807) is 0 Å². The van der Waals surface area contributed by atoms with Crippen LogP contribution in [0.15, 0.2) is 24.3 Å². The predicted molar refractivity (Wildman–Crippen MR) is 42.3 cm³/mol. The molecule has 0 aliphatic heterocycles. The highest BCUT2D eigenvalue weighted by molar-refractivity contribution is 5.98. The van der Waals surface area contributed by atoms with E-state index in [9.17, 15) is 9.59 Å². The molecule has 0 fully saturated rings. The first-order valence-electron chi connectivity index (χ1n) is 3.16. The van der Waals surface area contributed by atoms with E-state index in [1.165, 1.54) is 20.3 Å². The second kappa shape index (κ2) is 5.12. The Morgan fingerprint density at radius 3 is 2.17 bits per heavy atom. The van der Waals surface area contributed by atoms with Gasteiger partial charge in [0.2, 0.25) is 0 Å². The van der Waals surface area contributed by atoms with E-state index >= 15 is 0 Å². The van der Waals surface area contributed by atoms with E-state index < -0.39 is 11.9 Å². The van der Waals surface area contributed by atoms with E-state index in [4.69, 9.17) is 0 Å². The van der Waals surface area contributed by atoms with Crippen LogP contribution in [0.3, 0.4) is 0 Å². The molecular formula is C8H10O4. The summed E-state index contributed by atoms with van der Waals surface area (Å²) in [7, 11) is 2.44. The van der Waals surface area contributed by atoms with Crippen molar-refractivity contribution in [2.24, 2.45) is 0 Å². The van der Waals surface area contributed by atoms with Gasteiger partial charge in [-0.05, 0) is 0 Å². The van der Waals surface area contributed by atoms with Crippen LogP contribution in [0.4, 0.5) is 0 Å². The Bertz CT molecular complexity index is 227. The fourth-order valence-corrected chi connectivity index (χ4v) is 0.505. The zero-order valence-electron chi connectivity index (χ0n) is 6.99. The molecule has 0 spiro atoms. The zero-order chi connectivity index (χ0) is 9.56. The normalized spacial score (nSPS) is 10.3. The Hall–Kier alpha value is -1.58. The molecule has 66 valence electrons. The molecule has 0 radical (unpaired) electrons. The Labute approximate surface area is 70.5 Å². The predicted octanol–water partition coefficient (Wildman–Crippen LogP) is 0.445. The van der Waals surface area contributed by atoms with Gasteiger partial charge in [0.15, 0.2) is 0 Å². The summed E-state index contributed by atoms with van der Waals surface area (Å²) in [5.74, 6) is -1.23. The van der Waals surface area contributed by atoms with Gasteiger partial charge in [-0.25, -0.2) is 9.59 Å². The average molecular weight is 170 g/mol. The maximum atomic E-state index is 10.8. The highest BCUT2D eigenvalue weighted by Gasteiger charge is 2.07. The molecule has 0 saturated heterocycles. The summed E-state index contributed by atoms with van der Waals surface area (Å²) in [5, 5.41) is 0.